The van der Waals surface area contributed by atoms with Crippen LogP contribution >= 0.6 is 0 Å². The Morgan fingerprint density at radius 3 is 2.62 bits per heavy atom. The van der Waals surface area contributed by atoms with Crippen LogP contribution in [0.25, 0.3) is 11.0 Å². The van der Waals surface area contributed by atoms with Crippen molar-refractivity contribution in [1.82, 2.24) is 14.9 Å². The van der Waals surface area contributed by atoms with E-state index in [4.69, 9.17) is 4.74 Å². The summed E-state index contributed by atoms with van der Waals surface area (Å²) in [5.41, 5.74) is 2.36. The normalized spacial score (nSPS) is 12.8. The first-order chi connectivity index (χ1) is 17.7. The van der Waals surface area contributed by atoms with E-state index in [1.165, 1.54) is 12.1 Å². The van der Waals surface area contributed by atoms with E-state index in [0.29, 0.717) is 36.6 Å². The number of carbonyl (C=O) groups is 1. The lowest BCUT2D eigenvalue weighted by Crippen LogP contribution is -2.42. The number of carbonyl (C=O) groups excluding carboxylic acids is 1. The van der Waals surface area contributed by atoms with E-state index in [0.717, 1.165) is 17.5 Å². The fourth-order valence-electron chi connectivity index (χ4n) is 3.95. The first-order valence-corrected chi connectivity index (χ1v) is 13.3. The Bertz CT molecular complexity index is 1470. The summed E-state index contributed by atoms with van der Waals surface area (Å²) in [5, 5.41) is 14.2. The van der Waals surface area contributed by atoms with Crippen molar-refractivity contribution < 1.29 is 23.1 Å². The number of nitrogens with one attached hydrogen (secondary N) is 2. The van der Waals surface area contributed by atoms with Gasteiger partial charge in [0.15, 0.2) is 0 Å². The third-order valence-corrected chi connectivity index (χ3v) is 7.50. The number of nitrogens with zero attached hydrogens (tertiary/aromatic N) is 2. The molecular weight excluding hydrogens is 492 g/mol. The number of benzene rings is 3. The summed E-state index contributed by atoms with van der Waals surface area (Å²) in [6, 6.07) is 20.2. The molecule has 3 N–H and O–H groups in total. The summed E-state index contributed by atoms with van der Waals surface area (Å²) < 4.78 is 34.7. The molecule has 194 valence electrons. The molecule has 0 saturated heterocycles. The molecule has 0 aliphatic rings. The number of aliphatic hydroxyl groups is 1. The van der Waals surface area contributed by atoms with Crippen LogP contribution in [0.1, 0.15) is 31.9 Å². The van der Waals surface area contributed by atoms with Gasteiger partial charge in [0.05, 0.1) is 28.4 Å². The van der Waals surface area contributed by atoms with Crippen molar-refractivity contribution in [2.45, 2.75) is 43.4 Å². The Balaban J connectivity index is 1.34. The number of aryl methyl sites for hydroxylation is 1. The van der Waals surface area contributed by atoms with Crippen LogP contribution in [0.15, 0.2) is 84.0 Å². The van der Waals surface area contributed by atoms with Crippen molar-refractivity contribution in [3.8, 4) is 5.75 Å². The van der Waals surface area contributed by atoms with Crippen LogP contribution in [-0.4, -0.2) is 41.6 Å². The number of aromatic nitrogens is 2. The standard InChI is InChI=1S/C27H30N4O5S/c1-27(2,13-14-31-18-28-24-16-22(36-19-32)11-12-25(24)31)29-17-26(33)20-7-6-8-21(15-20)30-37(34,35)23-9-4-3-5-10-23/h3-12,15-16,18-19,26,29-30,33H,13-14,17H2,1-2H3/t26-/m0/s1. The molecule has 0 aliphatic heterocycles. The summed E-state index contributed by atoms with van der Waals surface area (Å²) in [7, 11) is -3.72. The second kappa shape index (κ2) is 11.1. The zero-order valence-electron chi connectivity index (χ0n) is 20.7. The molecule has 0 spiro atoms. The van der Waals surface area contributed by atoms with E-state index in [2.05, 4.69) is 28.9 Å². The monoisotopic (exact) mass is 522 g/mol. The average molecular weight is 523 g/mol. The second-order valence-corrected chi connectivity index (χ2v) is 11.1. The zero-order chi connectivity index (χ0) is 26.5. The van der Waals surface area contributed by atoms with Gasteiger partial charge in [-0.1, -0.05) is 30.3 Å². The highest BCUT2D eigenvalue weighted by Gasteiger charge is 2.20. The fraction of sp³-hybridized carbons (Fsp3) is 0.259. The summed E-state index contributed by atoms with van der Waals surface area (Å²) in [5.74, 6) is 0.445. The Labute approximate surface area is 216 Å². The van der Waals surface area contributed by atoms with Crippen molar-refractivity contribution in [2.75, 3.05) is 11.3 Å². The average Bonchev–Trinajstić information content (AvgIpc) is 3.29. The first-order valence-electron chi connectivity index (χ1n) is 11.8. The molecule has 37 heavy (non-hydrogen) atoms. The number of imidazole rings is 1. The largest absolute Gasteiger partial charge is 0.429 e. The van der Waals surface area contributed by atoms with Crippen LogP contribution in [0, 0.1) is 0 Å². The van der Waals surface area contributed by atoms with Crippen molar-refractivity contribution in [1.29, 1.82) is 0 Å². The van der Waals surface area contributed by atoms with Crippen LogP contribution in [0.3, 0.4) is 0 Å². The third kappa shape index (κ3) is 6.73. The van der Waals surface area contributed by atoms with Gasteiger partial charge in [-0.2, -0.15) is 0 Å². The second-order valence-electron chi connectivity index (χ2n) is 9.38. The molecular formula is C27H30N4O5S. The minimum absolute atomic E-state index is 0.171. The topological polar surface area (TPSA) is 123 Å². The predicted octanol–water partition coefficient (Wildman–Crippen LogP) is 3.86. The van der Waals surface area contributed by atoms with E-state index in [-0.39, 0.29) is 10.4 Å². The number of β-amino-alcohol motifs (C(OH)–C–C–N with tert-alkyl or cyclic N) is 1. The van der Waals surface area contributed by atoms with E-state index in [1.54, 1.807) is 60.9 Å². The molecule has 1 heterocycles. The number of hydrogen-bond acceptors (Lipinski definition) is 7. The third-order valence-electron chi connectivity index (χ3n) is 6.11. The highest BCUT2D eigenvalue weighted by Crippen LogP contribution is 2.23. The van der Waals surface area contributed by atoms with Crippen molar-refractivity contribution in [3.05, 3.63) is 84.7 Å². The SMILES string of the molecule is CC(C)(CCn1cnc2cc(OC=O)ccc21)NC[C@H](O)c1cccc(NS(=O)(=O)c2ccccc2)c1. The molecule has 3 aromatic carbocycles. The number of sulfonamides is 1. The van der Waals surface area contributed by atoms with Gasteiger partial charge < -0.3 is 19.7 Å². The molecule has 0 fully saturated rings. The molecule has 10 heteroatoms. The van der Waals surface area contributed by atoms with E-state index in [9.17, 15) is 18.3 Å². The molecule has 0 bridgehead atoms. The predicted molar refractivity (Wildman–Crippen MR) is 142 cm³/mol. The number of hydrogen-bond donors (Lipinski definition) is 3. The molecule has 0 amide bonds. The van der Waals surface area contributed by atoms with Crippen molar-refractivity contribution in [3.63, 3.8) is 0 Å². The minimum Gasteiger partial charge on any atom is -0.429 e. The number of fused-ring (bicyclic) bond motifs is 1. The van der Waals surface area contributed by atoms with Gasteiger partial charge in [-0.15, -0.1) is 0 Å². The number of anilines is 1. The highest BCUT2D eigenvalue weighted by molar-refractivity contribution is 7.92. The van der Waals surface area contributed by atoms with Gasteiger partial charge in [0.1, 0.15) is 5.75 Å². The Morgan fingerprint density at radius 1 is 1.08 bits per heavy atom. The highest BCUT2D eigenvalue weighted by atomic mass is 32.2. The van der Waals surface area contributed by atoms with Crippen LogP contribution in [0.4, 0.5) is 5.69 Å². The minimum atomic E-state index is -3.72. The summed E-state index contributed by atoms with van der Waals surface area (Å²) in [6.07, 6.45) is 1.68. The molecule has 0 unspecified atom stereocenters. The van der Waals surface area contributed by atoms with Gasteiger partial charge in [-0.3, -0.25) is 9.52 Å². The lowest BCUT2D eigenvalue weighted by atomic mass is 9.99. The maximum atomic E-state index is 12.6. The van der Waals surface area contributed by atoms with Crippen molar-refractivity contribution in [2.24, 2.45) is 0 Å². The maximum Gasteiger partial charge on any atom is 0.298 e. The van der Waals surface area contributed by atoms with Crippen LogP contribution in [-0.2, 0) is 21.4 Å². The van der Waals surface area contributed by atoms with Gasteiger partial charge >= 0.3 is 0 Å². The van der Waals surface area contributed by atoms with Gasteiger partial charge in [0.25, 0.3) is 16.5 Å². The first kappa shape index (κ1) is 26.3. The molecule has 1 atom stereocenters. The van der Waals surface area contributed by atoms with Gasteiger partial charge in [-0.05, 0) is 62.2 Å². The van der Waals surface area contributed by atoms with E-state index >= 15 is 0 Å². The van der Waals surface area contributed by atoms with Crippen molar-refractivity contribution >= 4 is 33.2 Å². The quantitative estimate of drug-likeness (QED) is 0.242. The Morgan fingerprint density at radius 2 is 1.86 bits per heavy atom. The lowest BCUT2D eigenvalue weighted by molar-refractivity contribution is -0.120. The molecule has 4 rings (SSSR count). The zero-order valence-corrected chi connectivity index (χ0v) is 21.5. The number of rotatable bonds is 12. The molecule has 0 saturated carbocycles. The molecule has 1 aromatic heterocycles. The smallest absolute Gasteiger partial charge is 0.298 e. The van der Waals surface area contributed by atoms with Crippen LogP contribution < -0.4 is 14.8 Å². The molecule has 0 aliphatic carbocycles. The van der Waals surface area contributed by atoms with Crippen LogP contribution in [0.5, 0.6) is 5.75 Å². The lowest BCUT2D eigenvalue weighted by Gasteiger charge is -2.28. The summed E-state index contributed by atoms with van der Waals surface area (Å²) in [6.45, 7) is 5.48. The fourth-order valence-corrected chi connectivity index (χ4v) is 5.02. The number of aliphatic hydroxyl groups excluding tert-OH is 1. The van der Waals surface area contributed by atoms with E-state index in [1.807, 2.05) is 10.6 Å². The maximum absolute atomic E-state index is 12.6. The summed E-state index contributed by atoms with van der Waals surface area (Å²) >= 11 is 0. The summed E-state index contributed by atoms with van der Waals surface area (Å²) in [4.78, 5) is 15.1. The van der Waals surface area contributed by atoms with Gasteiger partial charge in [-0.25, -0.2) is 13.4 Å². The Hall–Kier alpha value is -3.73. The molecule has 9 nitrogen and oxygen atoms in total. The molecule has 0 radical (unpaired) electrons. The van der Waals surface area contributed by atoms with Crippen LogP contribution in [0.2, 0.25) is 0 Å². The molecule has 4 aromatic rings. The van der Waals surface area contributed by atoms with Gasteiger partial charge in [0.2, 0.25) is 0 Å². The number of ether oxygens (including phenoxy) is 1. The van der Waals surface area contributed by atoms with E-state index < -0.39 is 16.1 Å². The Kier molecular flexibility index (Phi) is 7.91. The van der Waals surface area contributed by atoms with Gasteiger partial charge in [0, 0.05) is 30.4 Å².